The number of aromatic nitrogens is 4. The van der Waals surface area contributed by atoms with Crippen molar-refractivity contribution in [2.45, 2.75) is 18.9 Å². The fourth-order valence-corrected chi connectivity index (χ4v) is 2.64. The standard InChI is InChI=1S/C16H16N4O2/c1-3-12(10-20-7-2-6-17-20)9-13(4-1)16-18-15(19-22-16)14-5-8-21-11-14/h1-4,6-7,9,14H,5,8,10-11H2. The summed E-state index contributed by atoms with van der Waals surface area (Å²) < 4.78 is 12.7. The minimum absolute atomic E-state index is 0.254. The van der Waals surface area contributed by atoms with Gasteiger partial charge in [0.2, 0.25) is 0 Å². The van der Waals surface area contributed by atoms with E-state index in [0.29, 0.717) is 12.5 Å². The first-order chi connectivity index (χ1) is 10.9. The van der Waals surface area contributed by atoms with Crippen molar-refractivity contribution in [2.24, 2.45) is 0 Å². The monoisotopic (exact) mass is 296 g/mol. The fourth-order valence-electron chi connectivity index (χ4n) is 2.64. The van der Waals surface area contributed by atoms with Crippen LogP contribution in [0, 0.1) is 0 Å². The van der Waals surface area contributed by atoms with E-state index < -0.39 is 0 Å². The Morgan fingerprint density at radius 2 is 2.27 bits per heavy atom. The molecule has 0 amide bonds. The molecule has 3 heterocycles. The second kappa shape index (κ2) is 5.73. The van der Waals surface area contributed by atoms with E-state index in [-0.39, 0.29) is 5.92 Å². The van der Waals surface area contributed by atoms with Gasteiger partial charge in [0.1, 0.15) is 0 Å². The van der Waals surface area contributed by atoms with Crippen molar-refractivity contribution in [1.82, 2.24) is 19.9 Å². The molecule has 0 saturated carbocycles. The van der Waals surface area contributed by atoms with Gasteiger partial charge in [-0.25, -0.2) is 0 Å². The number of rotatable bonds is 4. The van der Waals surface area contributed by atoms with Crippen molar-refractivity contribution in [2.75, 3.05) is 13.2 Å². The first-order valence-electron chi connectivity index (χ1n) is 7.36. The molecule has 6 heteroatoms. The Morgan fingerprint density at radius 3 is 3.09 bits per heavy atom. The first-order valence-corrected chi connectivity index (χ1v) is 7.36. The second-order valence-electron chi connectivity index (χ2n) is 5.42. The van der Waals surface area contributed by atoms with Gasteiger partial charge in [0.05, 0.1) is 13.2 Å². The maximum atomic E-state index is 5.41. The van der Waals surface area contributed by atoms with Gasteiger partial charge < -0.3 is 9.26 Å². The predicted molar refractivity (Wildman–Crippen MR) is 79.2 cm³/mol. The van der Waals surface area contributed by atoms with Gasteiger partial charge in [0.25, 0.3) is 5.89 Å². The van der Waals surface area contributed by atoms with E-state index >= 15 is 0 Å². The van der Waals surface area contributed by atoms with Crippen LogP contribution in [0.5, 0.6) is 0 Å². The molecule has 1 unspecified atom stereocenters. The van der Waals surface area contributed by atoms with Gasteiger partial charge in [-0.15, -0.1) is 0 Å². The highest BCUT2D eigenvalue weighted by Crippen LogP contribution is 2.26. The Hall–Kier alpha value is -2.47. The normalized spacial score (nSPS) is 17.9. The minimum Gasteiger partial charge on any atom is -0.381 e. The minimum atomic E-state index is 0.254. The van der Waals surface area contributed by atoms with Gasteiger partial charge in [0, 0.05) is 30.5 Å². The molecule has 2 aromatic heterocycles. The van der Waals surface area contributed by atoms with Crippen LogP contribution in [-0.2, 0) is 11.3 Å². The number of benzene rings is 1. The van der Waals surface area contributed by atoms with Crippen molar-refractivity contribution in [3.05, 3.63) is 54.1 Å². The average molecular weight is 296 g/mol. The van der Waals surface area contributed by atoms with Gasteiger partial charge >= 0.3 is 0 Å². The van der Waals surface area contributed by atoms with Crippen molar-refractivity contribution in [1.29, 1.82) is 0 Å². The van der Waals surface area contributed by atoms with Gasteiger partial charge in [-0.3, -0.25) is 4.68 Å². The van der Waals surface area contributed by atoms with E-state index in [0.717, 1.165) is 36.5 Å². The van der Waals surface area contributed by atoms with Crippen LogP contribution in [0.15, 0.2) is 47.2 Å². The summed E-state index contributed by atoms with van der Waals surface area (Å²) in [6.45, 7) is 2.17. The summed E-state index contributed by atoms with van der Waals surface area (Å²) in [6.07, 6.45) is 4.67. The lowest BCUT2D eigenvalue weighted by Crippen LogP contribution is -2.00. The molecule has 0 spiro atoms. The van der Waals surface area contributed by atoms with Gasteiger partial charge in [-0.2, -0.15) is 10.1 Å². The van der Waals surface area contributed by atoms with E-state index in [9.17, 15) is 0 Å². The zero-order valence-corrected chi connectivity index (χ0v) is 12.1. The van der Waals surface area contributed by atoms with Crippen molar-refractivity contribution < 1.29 is 9.26 Å². The van der Waals surface area contributed by atoms with Crippen molar-refractivity contribution >= 4 is 0 Å². The van der Waals surface area contributed by atoms with Gasteiger partial charge in [0.15, 0.2) is 5.82 Å². The predicted octanol–water partition coefficient (Wildman–Crippen LogP) is 2.49. The van der Waals surface area contributed by atoms with Crippen molar-refractivity contribution in [3.63, 3.8) is 0 Å². The quantitative estimate of drug-likeness (QED) is 0.740. The first kappa shape index (κ1) is 13.2. The topological polar surface area (TPSA) is 66.0 Å². The molecule has 112 valence electrons. The molecular formula is C16H16N4O2. The van der Waals surface area contributed by atoms with Crippen LogP contribution in [-0.4, -0.2) is 33.1 Å². The summed E-state index contributed by atoms with van der Waals surface area (Å²) in [5, 5.41) is 8.32. The lowest BCUT2D eigenvalue weighted by molar-refractivity contribution is 0.192. The highest BCUT2D eigenvalue weighted by molar-refractivity contribution is 5.54. The lowest BCUT2D eigenvalue weighted by Gasteiger charge is -2.03. The van der Waals surface area contributed by atoms with E-state index in [1.807, 2.05) is 29.1 Å². The third-order valence-corrected chi connectivity index (χ3v) is 3.81. The number of hydrogen-bond acceptors (Lipinski definition) is 5. The molecule has 1 aliphatic rings. The van der Waals surface area contributed by atoms with Crippen LogP contribution in [0.2, 0.25) is 0 Å². The van der Waals surface area contributed by atoms with Crippen LogP contribution < -0.4 is 0 Å². The molecule has 1 aromatic carbocycles. The van der Waals surface area contributed by atoms with Crippen LogP contribution in [0.4, 0.5) is 0 Å². The highest BCUT2D eigenvalue weighted by atomic mass is 16.5. The molecule has 3 aromatic rings. The van der Waals surface area contributed by atoms with Crippen LogP contribution in [0.3, 0.4) is 0 Å². The SMILES string of the molecule is c1cc(Cn2cccn2)cc(-c2nc(C3CCOC3)no2)c1. The molecule has 1 fully saturated rings. The molecule has 1 aliphatic heterocycles. The van der Waals surface area contributed by atoms with Crippen molar-refractivity contribution in [3.8, 4) is 11.5 Å². The van der Waals surface area contributed by atoms with Gasteiger partial charge in [-0.05, 0) is 30.2 Å². The third-order valence-electron chi connectivity index (χ3n) is 3.81. The molecule has 0 bridgehead atoms. The summed E-state index contributed by atoms with van der Waals surface area (Å²) in [6, 6.07) is 10.0. The summed E-state index contributed by atoms with van der Waals surface area (Å²) in [5.41, 5.74) is 2.08. The average Bonchev–Trinajstić information content (AvgIpc) is 3.29. The summed E-state index contributed by atoms with van der Waals surface area (Å²) in [5.74, 6) is 1.55. The molecule has 0 aliphatic carbocycles. The lowest BCUT2D eigenvalue weighted by atomic mass is 10.1. The zero-order valence-electron chi connectivity index (χ0n) is 12.1. The van der Waals surface area contributed by atoms with Crippen LogP contribution in [0.1, 0.15) is 23.7 Å². The molecule has 0 N–H and O–H groups in total. The molecule has 0 radical (unpaired) electrons. The second-order valence-corrected chi connectivity index (χ2v) is 5.42. The number of nitrogens with zero attached hydrogens (tertiary/aromatic N) is 4. The largest absolute Gasteiger partial charge is 0.381 e. The Kier molecular flexibility index (Phi) is 3.44. The summed E-state index contributed by atoms with van der Waals surface area (Å²) in [4.78, 5) is 4.52. The molecule has 22 heavy (non-hydrogen) atoms. The molecule has 1 saturated heterocycles. The molecule has 6 nitrogen and oxygen atoms in total. The van der Waals surface area contributed by atoms with Crippen LogP contribution in [0.25, 0.3) is 11.5 Å². The smallest absolute Gasteiger partial charge is 0.257 e. The summed E-state index contributed by atoms with van der Waals surface area (Å²) >= 11 is 0. The number of hydrogen-bond donors (Lipinski definition) is 0. The third kappa shape index (κ3) is 2.65. The highest BCUT2D eigenvalue weighted by Gasteiger charge is 2.23. The Balaban J connectivity index is 1.57. The van der Waals surface area contributed by atoms with E-state index in [2.05, 4.69) is 27.4 Å². The Labute approximate surface area is 127 Å². The number of ether oxygens (including phenoxy) is 1. The maximum Gasteiger partial charge on any atom is 0.257 e. The van der Waals surface area contributed by atoms with E-state index in [4.69, 9.17) is 9.26 Å². The molecule has 1 atom stereocenters. The van der Waals surface area contributed by atoms with E-state index in [1.165, 1.54) is 0 Å². The Bertz CT molecular complexity index is 745. The zero-order chi connectivity index (χ0) is 14.8. The summed E-state index contributed by atoms with van der Waals surface area (Å²) in [7, 11) is 0. The fraction of sp³-hybridized carbons (Fsp3) is 0.312. The van der Waals surface area contributed by atoms with Gasteiger partial charge in [-0.1, -0.05) is 17.3 Å². The molecule has 4 rings (SSSR count). The maximum absolute atomic E-state index is 5.41. The molecular weight excluding hydrogens is 280 g/mol. The Morgan fingerprint density at radius 1 is 1.27 bits per heavy atom. The van der Waals surface area contributed by atoms with Crippen LogP contribution >= 0.6 is 0 Å². The van der Waals surface area contributed by atoms with E-state index in [1.54, 1.807) is 6.20 Å².